The number of nitrogens with zero attached hydrogens (tertiary/aromatic N) is 1. The lowest BCUT2D eigenvalue weighted by Gasteiger charge is -2.19. The highest BCUT2D eigenvalue weighted by molar-refractivity contribution is 6.02. The summed E-state index contributed by atoms with van der Waals surface area (Å²) in [5.41, 5.74) is 2.66. The summed E-state index contributed by atoms with van der Waals surface area (Å²) in [5.74, 6) is -1.50. The number of rotatable bonds is 5. The molecule has 0 aromatic heterocycles. The van der Waals surface area contributed by atoms with Gasteiger partial charge in [0.1, 0.15) is 6.54 Å². The highest BCUT2D eigenvalue weighted by Gasteiger charge is 2.20. The summed E-state index contributed by atoms with van der Waals surface area (Å²) < 4.78 is 4.86. The molecule has 2 rings (SSSR count). The van der Waals surface area contributed by atoms with E-state index >= 15 is 0 Å². The predicted octanol–water partition coefficient (Wildman–Crippen LogP) is 1.90. The number of benzene rings is 1. The van der Waals surface area contributed by atoms with E-state index in [1.807, 2.05) is 19.9 Å². The topological polar surface area (TPSA) is 105 Å². The van der Waals surface area contributed by atoms with Gasteiger partial charge in [0.15, 0.2) is 6.61 Å². The molecule has 146 valence electrons. The number of aryl methyl sites for hydroxylation is 2. The van der Waals surface area contributed by atoms with Crippen LogP contribution in [-0.4, -0.2) is 48.4 Å². The van der Waals surface area contributed by atoms with Gasteiger partial charge in [-0.3, -0.25) is 19.7 Å². The van der Waals surface area contributed by atoms with Gasteiger partial charge in [-0.15, -0.1) is 0 Å². The molecular formula is C19H25N3O5. The monoisotopic (exact) mass is 375 g/mol. The van der Waals surface area contributed by atoms with Crippen molar-refractivity contribution in [3.8, 4) is 0 Å². The van der Waals surface area contributed by atoms with Gasteiger partial charge in [0, 0.05) is 18.7 Å². The van der Waals surface area contributed by atoms with Gasteiger partial charge >= 0.3 is 12.0 Å². The molecule has 27 heavy (non-hydrogen) atoms. The number of hydrogen-bond donors (Lipinski definition) is 2. The van der Waals surface area contributed by atoms with Crippen LogP contribution in [0.2, 0.25) is 0 Å². The number of esters is 1. The van der Waals surface area contributed by atoms with Crippen LogP contribution in [0.3, 0.4) is 0 Å². The van der Waals surface area contributed by atoms with Crippen molar-refractivity contribution in [1.29, 1.82) is 0 Å². The second-order valence-electron chi connectivity index (χ2n) is 6.59. The van der Waals surface area contributed by atoms with Crippen LogP contribution < -0.4 is 10.6 Å². The zero-order valence-electron chi connectivity index (χ0n) is 15.7. The lowest BCUT2D eigenvalue weighted by molar-refractivity contribution is -0.152. The number of imide groups is 1. The molecule has 0 aliphatic carbocycles. The summed E-state index contributed by atoms with van der Waals surface area (Å²) >= 11 is 0. The summed E-state index contributed by atoms with van der Waals surface area (Å²) in [5, 5.41) is 4.64. The van der Waals surface area contributed by atoms with Crippen LogP contribution in [0.5, 0.6) is 0 Å². The first-order valence-electron chi connectivity index (χ1n) is 8.96. The first-order valence-corrected chi connectivity index (χ1v) is 8.96. The molecule has 1 aliphatic rings. The zero-order chi connectivity index (χ0) is 19.8. The predicted molar refractivity (Wildman–Crippen MR) is 99.1 cm³/mol. The molecule has 0 atom stereocenters. The maximum atomic E-state index is 11.8. The number of ether oxygens (including phenoxy) is 1. The maximum absolute atomic E-state index is 11.8. The number of likely N-dealkylation sites (tertiary alicyclic amines) is 1. The second-order valence-corrected chi connectivity index (χ2v) is 6.59. The Labute approximate surface area is 158 Å². The molecule has 4 amide bonds. The summed E-state index contributed by atoms with van der Waals surface area (Å²) in [6, 6.07) is 4.67. The summed E-state index contributed by atoms with van der Waals surface area (Å²) in [6.45, 7) is 3.62. The second kappa shape index (κ2) is 9.70. The SMILES string of the molecule is Cc1ccc(NC(=O)NC(=O)COC(=O)CN2CCCCCC2=O)cc1C. The Balaban J connectivity index is 1.72. The van der Waals surface area contributed by atoms with E-state index in [1.54, 1.807) is 12.1 Å². The van der Waals surface area contributed by atoms with Crippen LogP contribution >= 0.6 is 0 Å². The minimum atomic E-state index is -0.744. The molecule has 1 aromatic rings. The number of urea groups is 1. The summed E-state index contributed by atoms with van der Waals surface area (Å²) in [7, 11) is 0. The lowest BCUT2D eigenvalue weighted by Crippen LogP contribution is -2.39. The van der Waals surface area contributed by atoms with Crippen LogP contribution in [0.1, 0.15) is 36.8 Å². The van der Waals surface area contributed by atoms with E-state index < -0.39 is 24.5 Å². The van der Waals surface area contributed by atoms with E-state index in [1.165, 1.54) is 4.90 Å². The molecule has 1 heterocycles. The number of carbonyl (C=O) groups excluding carboxylic acids is 4. The highest BCUT2D eigenvalue weighted by Crippen LogP contribution is 2.14. The molecule has 1 saturated heterocycles. The maximum Gasteiger partial charge on any atom is 0.326 e. The standard InChI is InChI=1S/C19H25N3O5/c1-13-7-8-15(10-14(13)2)20-19(26)21-16(23)12-27-18(25)11-22-9-5-3-4-6-17(22)24/h7-8,10H,3-6,9,11-12H2,1-2H3,(H2,20,21,23,26). The molecule has 1 aromatic carbocycles. The van der Waals surface area contributed by atoms with Crippen LogP contribution in [0.4, 0.5) is 10.5 Å². The van der Waals surface area contributed by atoms with Crippen molar-refractivity contribution in [3.05, 3.63) is 29.3 Å². The van der Waals surface area contributed by atoms with Crippen LogP contribution in [0.25, 0.3) is 0 Å². The van der Waals surface area contributed by atoms with Crippen molar-refractivity contribution < 1.29 is 23.9 Å². The average molecular weight is 375 g/mol. The van der Waals surface area contributed by atoms with E-state index in [0.717, 1.165) is 30.4 Å². The van der Waals surface area contributed by atoms with Gasteiger partial charge in [-0.25, -0.2) is 4.79 Å². The smallest absolute Gasteiger partial charge is 0.326 e. The molecule has 0 unspecified atom stereocenters. The minimum Gasteiger partial charge on any atom is -0.454 e. The van der Waals surface area contributed by atoms with Crippen molar-refractivity contribution in [1.82, 2.24) is 10.2 Å². The van der Waals surface area contributed by atoms with E-state index in [0.29, 0.717) is 18.7 Å². The van der Waals surface area contributed by atoms with Gasteiger partial charge in [0.2, 0.25) is 5.91 Å². The Hall–Kier alpha value is -2.90. The average Bonchev–Trinajstić information content (AvgIpc) is 2.81. The summed E-state index contributed by atoms with van der Waals surface area (Å²) in [6.07, 6.45) is 3.04. The Morgan fingerprint density at radius 1 is 1.11 bits per heavy atom. The molecule has 0 spiro atoms. The quantitative estimate of drug-likeness (QED) is 0.765. The van der Waals surface area contributed by atoms with E-state index in [-0.39, 0.29) is 12.5 Å². The third kappa shape index (κ3) is 6.73. The van der Waals surface area contributed by atoms with Gasteiger partial charge in [-0.05, 0) is 49.9 Å². The van der Waals surface area contributed by atoms with Crippen LogP contribution in [0.15, 0.2) is 18.2 Å². The van der Waals surface area contributed by atoms with Crippen LogP contribution in [-0.2, 0) is 19.1 Å². The van der Waals surface area contributed by atoms with Gasteiger partial charge in [-0.1, -0.05) is 12.5 Å². The summed E-state index contributed by atoms with van der Waals surface area (Å²) in [4.78, 5) is 48.7. The Bertz CT molecular complexity index is 732. The fourth-order valence-corrected chi connectivity index (χ4v) is 2.70. The number of hydrogen-bond acceptors (Lipinski definition) is 5. The van der Waals surface area contributed by atoms with Crippen molar-refractivity contribution >= 4 is 29.5 Å². The fraction of sp³-hybridized carbons (Fsp3) is 0.474. The van der Waals surface area contributed by atoms with Crippen molar-refractivity contribution in [2.45, 2.75) is 39.5 Å². The largest absolute Gasteiger partial charge is 0.454 e. The molecular weight excluding hydrogens is 350 g/mol. The van der Waals surface area contributed by atoms with Crippen molar-refractivity contribution in [3.63, 3.8) is 0 Å². The normalized spacial score (nSPS) is 14.3. The van der Waals surface area contributed by atoms with Gasteiger partial charge in [0.25, 0.3) is 5.91 Å². The molecule has 1 aliphatic heterocycles. The third-order valence-electron chi connectivity index (χ3n) is 4.37. The van der Waals surface area contributed by atoms with Gasteiger partial charge in [0.05, 0.1) is 0 Å². The Morgan fingerprint density at radius 2 is 1.89 bits per heavy atom. The molecule has 1 fully saturated rings. The number of carbonyl (C=O) groups is 4. The third-order valence-corrected chi connectivity index (χ3v) is 4.37. The minimum absolute atomic E-state index is 0.0818. The molecule has 0 bridgehead atoms. The highest BCUT2D eigenvalue weighted by atomic mass is 16.5. The van der Waals surface area contributed by atoms with Gasteiger partial charge in [-0.2, -0.15) is 0 Å². The van der Waals surface area contributed by atoms with Gasteiger partial charge < -0.3 is 15.0 Å². The van der Waals surface area contributed by atoms with Crippen molar-refractivity contribution in [2.75, 3.05) is 25.0 Å². The first-order chi connectivity index (χ1) is 12.8. The molecule has 8 heteroatoms. The fourth-order valence-electron chi connectivity index (χ4n) is 2.70. The molecule has 2 N–H and O–H groups in total. The van der Waals surface area contributed by atoms with E-state index in [2.05, 4.69) is 10.6 Å². The van der Waals surface area contributed by atoms with Crippen LogP contribution in [0, 0.1) is 13.8 Å². The van der Waals surface area contributed by atoms with Crippen molar-refractivity contribution in [2.24, 2.45) is 0 Å². The first kappa shape index (κ1) is 20.4. The Kier molecular flexibility index (Phi) is 7.34. The lowest BCUT2D eigenvalue weighted by atomic mass is 10.1. The molecule has 8 nitrogen and oxygen atoms in total. The number of nitrogens with one attached hydrogen (secondary N) is 2. The molecule has 0 saturated carbocycles. The number of anilines is 1. The van der Waals surface area contributed by atoms with E-state index in [9.17, 15) is 19.2 Å². The molecule has 0 radical (unpaired) electrons. The van der Waals surface area contributed by atoms with E-state index in [4.69, 9.17) is 4.74 Å². The zero-order valence-corrected chi connectivity index (χ0v) is 15.7. The Morgan fingerprint density at radius 3 is 2.63 bits per heavy atom. The number of amides is 4.